The minimum atomic E-state index is 0.182. The van der Waals surface area contributed by atoms with E-state index in [4.69, 9.17) is 4.74 Å². The van der Waals surface area contributed by atoms with E-state index in [1.807, 2.05) is 42.5 Å². The summed E-state index contributed by atoms with van der Waals surface area (Å²) in [6.07, 6.45) is 0.838. The minimum absolute atomic E-state index is 0.182. The third-order valence-electron chi connectivity index (χ3n) is 2.96. The van der Waals surface area contributed by atoms with Gasteiger partial charge in [-0.25, -0.2) is 0 Å². The Balaban J connectivity index is 2.06. The van der Waals surface area contributed by atoms with Crippen molar-refractivity contribution in [2.75, 3.05) is 7.11 Å². The molecule has 2 aromatic rings. The van der Waals surface area contributed by atoms with Crippen LogP contribution in [0.5, 0.6) is 5.75 Å². The molecular weight excluding hydrogens is 384 g/mol. The number of hydrogen-bond acceptors (Lipinski definition) is 2. The highest BCUT2D eigenvalue weighted by Gasteiger charge is 2.09. The first-order valence-electron chi connectivity index (χ1n) is 6.17. The van der Waals surface area contributed by atoms with Crippen LogP contribution in [0, 0.1) is 0 Å². The molecule has 0 radical (unpaired) electrons. The highest BCUT2D eigenvalue weighted by Crippen LogP contribution is 2.23. The molecule has 0 spiro atoms. The molecule has 4 heteroatoms. The lowest BCUT2D eigenvalue weighted by molar-refractivity contribution is -0.117. The molecule has 2 nitrogen and oxygen atoms in total. The molecule has 0 amide bonds. The monoisotopic (exact) mass is 396 g/mol. The molecule has 0 aliphatic rings. The van der Waals surface area contributed by atoms with Crippen LogP contribution in [0.25, 0.3) is 0 Å². The highest BCUT2D eigenvalue weighted by molar-refractivity contribution is 9.10. The van der Waals surface area contributed by atoms with E-state index in [0.717, 1.165) is 25.8 Å². The van der Waals surface area contributed by atoms with E-state index in [-0.39, 0.29) is 5.78 Å². The fraction of sp³-hybridized carbons (Fsp3) is 0.188. The van der Waals surface area contributed by atoms with Crippen molar-refractivity contribution in [3.63, 3.8) is 0 Å². The summed E-state index contributed by atoms with van der Waals surface area (Å²) in [6.45, 7) is 0. The van der Waals surface area contributed by atoms with Crippen LogP contribution in [0.1, 0.15) is 11.1 Å². The normalized spacial score (nSPS) is 10.3. The smallest absolute Gasteiger partial charge is 0.141 e. The van der Waals surface area contributed by atoms with Crippen LogP contribution in [-0.4, -0.2) is 12.9 Å². The van der Waals surface area contributed by atoms with Gasteiger partial charge in [0.15, 0.2) is 0 Å². The van der Waals surface area contributed by atoms with Crippen molar-refractivity contribution in [1.29, 1.82) is 0 Å². The van der Waals surface area contributed by atoms with Crippen molar-refractivity contribution in [3.05, 3.63) is 62.5 Å². The molecule has 0 aliphatic carbocycles. The van der Waals surface area contributed by atoms with E-state index in [1.165, 1.54) is 0 Å². The quantitative estimate of drug-likeness (QED) is 0.738. The molecule has 0 aromatic heterocycles. The lowest BCUT2D eigenvalue weighted by atomic mass is 10.0. The Kier molecular flexibility index (Phi) is 5.38. The minimum Gasteiger partial charge on any atom is -0.497 e. The molecule has 0 N–H and O–H groups in total. The molecule has 0 aliphatic heterocycles. The number of Topliss-reactive ketones (excluding diaryl/α,β-unsaturated/α-hetero) is 1. The summed E-state index contributed by atoms with van der Waals surface area (Å²) in [4.78, 5) is 12.1. The van der Waals surface area contributed by atoms with Crippen LogP contribution in [0.2, 0.25) is 0 Å². The number of ether oxygens (including phenoxy) is 1. The van der Waals surface area contributed by atoms with Crippen LogP contribution >= 0.6 is 31.9 Å². The van der Waals surface area contributed by atoms with Crippen molar-refractivity contribution in [1.82, 2.24) is 0 Å². The number of benzene rings is 2. The Labute approximate surface area is 135 Å². The predicted molar refractivity (Wildman–Crippen MR) is 87.3 cm³/mol. The van der Waals surface area contributed by atoms with Crippen LogP contribution in [0.15, 0.2) is 51.4 Å². The van der Waals surface area contributed by atoms with Gasteiger partial charge in [0.25, 0.3) is 0 Å². The predicted octanol–water partition coefficient (Wildman–Crippen LogP) is 4.57. The average molecular weight is 398 g/mol. The van der Waals surface area contributed by atoms with Gasteiger partial charge in [0.05, 0.1) is 7.11 Å². The topological polar surface area (TPSA) is 26.3 Å². The number of rotatable bonds is 5. The van der Waals surface area contributed by atoms with Crippen LogP contribution < -0.4 is 4.74 Å². The third-order valence-corrected chi connectivity index (χ3v) is 4.26. The standard InChI is InChI=1S/C16H14Br2O2/c1-20-15-6-7-16(18)12(10-15)9-14(19)8-11-2-4-13(17)5-3-11/h2-7,10H,8-9H2,1H3. The Morgan fingerprint density at radius 1 is 1.05 bits per heavy atom. The van der Waals surface area contributed by atoms with E-state index in [9.17, 15) is 4.79 Å². The van der Waals surface area contributed by atoms with Crippen molar-refractivity contribution in [2.45, 2.75) is 12.8 Å². The molecule has 20 heavy (non-hydrogen) atoms. The summed E-state index contributed by atoms with van der Waals surface area (Å²) >= 11 is 6.85. The summed E-state index contributed by atoms with van der Waals surface area (Å²) in [5.41, 5.74) is 1.98. The molecule has 2 rings (SSSR count). The second kappa shape index (κ2) is 7.04. The molecule has 0 saturated heterocycles. The largest absolute Gasteiger partial charge is 0.497 e. The Morgan fingerprint density at radius 2 is 1.75 bits per heavy atom. The van der Waals surface area contributed by atoms with Crippen LogP contribution in [-0.2, 0) is 17.6 Å². The number of methoxy groups -OCH3 is 1. The number of carbonyl (C=O) groups is 1. The van der Waals surface area contributed by atoms with Crippen molar-refractivity contribution in [3.8, 4) is 5.75 Å². The molecule has 2 aromatic carbocycles. The second-order valence-corrected chi connectivity index (χ2v) is 6.25. The number of ketones is 1. The van der Waals surface area contributed by atoms with Gasteiger partial charge in [0.2, 0.25) is 0 Å². The molecule has 0 heterocycles. The molecular formula is C16H14Br2O2. The molecule has 0 unspecified atom stereocenters. The average Bonchev–Trinajstić information content (AvgIpc) is 2.44. The molecule has 0 fully saturated rings. The Bertz CT molecular complexity index is 606. The number of hydrogen-bond donors (Lipinski definition) is 0. The Morgan fingerprint density at radius 3 is 2.40 bits per heavy atom. The van der Waals surface area contributed by atoms with Gasteiger partial charge in [-0.2, -0.15) is 0 Å². The lowest BCUT2D eigenvalue weighted by Gasteiger charge is -2.07. The maximum Gasteiger partial charge on any atom is 0.141 e. The summed E-state index contributed by atoms with van der Waals surface area (Å²) in [6, 6.07) is 13.5. The van der Waals surface area contributed by atoms with Crippen molar-refractivity contribution in [2.24, 2.45) is 0 Å². The van der Waals surface area contributed by atoms with E-state index >= 15 is 0 Å². The first kappa shape index (κ1) is 15.3. The third kappa shape index (κ3) is 4.18. The fourth-order valence-electron chi connectivity index (χ4n) is 1.92. The Hall–Kier alpha value is -1.13. The number of halogens is 2. The maximum atomic E-state index is 12.1. The second-order valence-electron chi connectivity index (χ2n) is 4.48. The van der Waals surface area contributed by atoms with E-state index < -0.39 is 0 Å². The molecule has 0 bridgehead atoms. The summed E-state index contributed by atoms with van der Waals surface area (Å²) < 4.78 is 7.14. The molecule has 0 saturated carbocycles. The van der Waals surface area contributed by atoms with Crippen molar-refractivity contribution < 1.29 is 9.53 Å². The summed E-state index contributed by atoms with van der Waals surface area (Å²) in [5, 5.41) is 0. The van der Waals surface area contributed by atoms with Crippen molar-refractivity contribution >= 4 is 37.6 Å². The van der Waals surface area contributed by atoms with Gasteiger partial charge in [-0.3, -0.25) is 4.79 Å². The molecule has 0 atom stereocenters. The van der Waals surface area contributed by atoms with Crippen LogP contribution in [0.4, 0.5) is 0 Å². The van der Waals surface area contributed by atoms with Gasteiger partial charge in [-0.1, -0.05) is 44.0 Å². The maximum absolute atomic E-state index is 12.1. The van der Waals surface area contributed by atoms with Gasteiger partial charge in [-0.05, 0) is 41.5 Å². The fourth-order valence-corrected chi connectivity index (χ4v) is 2.57. The van der Waals surface area contributed by atoms with E-state index in [2.05, 4.69) is 31.9 Å². The zero-order valence-electron chi connectivity index (χ0n) is 11.0. The van der Waals surface area contributed by atoms with E-state index in [1.54, 1.807) is 7.11 Å². The van der Waals surface area contributed by atoms with Crippen LogP contribution in [0.3, 0.4) is 0 Å². The van der Waals surface area contributed by atoms with Gasteiger partial charge < -0.3 is 4.74 Å². The zero-order chi connectivity index (χ0) is 14.5. The van der Waals surface area contributed by atoms with Gasteiger partial charge >= 0.3 is 0 Å². The highest BCUT2D eigenvalue weighted by atomic mass is 79.9. The van der Waals surface area contributed by atoms with Gasteiger partial charge in [0.1, 0.15) is 11.5 Å². The first-order chi connectivity index (χ1) is 9.58. The SMILES string of the molecule is COc1ccc(Br)c(CC(=O)Cc2ccc(Br)cc2)c1. The van der Waals surface area contributed by atoms with Gasteiger partial charge in [-0.15, -0.1) is 0 Å². The van der Waals surface area contributed by atoms with Gasteiger partial charge in [0, 0.05) is 21.8 Å². The summed E-state index contributed by atoms with van der Waals surface area (Å²) in [7, 11) is 1.62. The molecule has 104 valence electrons. The summed E-state index contributed by atoms with van der Waals surface area (Å²) in [5.74, 6) is 0.945. The zero-order valence-corrected chi connectivity index (χ0v) is 14.2. The lowest BCUT2D eigenvalue weighted by Crippen LogP contribution is -2.07. The first-order valence-corrected chi connectivity index (χ1v) is 7.75. The van der Waals surface area contributed by atoms with E-state index in [0.29, 0.717) is 12.8 Å². The number of carbonyl (C=O) groups excluding carboxylic acids is 1.